The van der Waals surface area contributed by atoms with E-state index in [0.29, 0.717) is 16.6 Å². The van der Waals surface area contributed by atoms with Gasteiger partial charge in [-0.15, -0.1) is 12.4 Å². The lowest BCUT2D eigenvalue weighted by Gasteiger charge is -2.12. The van der Waals surface area contributed by atoms with Gasteiger partial charge in [0, 0.05) is 17.1 Å². The molecule has 3 nitrogen and oxygen atoms in total. The van der Waals surface area contributed by atoms with Gasteiger partial charge in [-0.1, -0.05) is 0 Å². The highest BCUT2D eigenvalue weighted by molar-refractivity contribution is 9.10. The standard InChI is InChI=1S/C11H14BrFN2O.ClH/c1-7(14-2)6-15-11(16)9-5-8(13)3-4-10(9)12;/h3-5,7,14H,6H2,1-2H3,(H,15,16);1H. The molecule has 0 fully saturated rings. The minimum Gasteiger partial charge on any atom is -0.350 e. The van der Waals surface area contributed by atoms with Crippen LogP contribution in [0.2, 0.25) is 0 Å². The first-order valence-electron chi connectivity index (χ1n) is 4.95. The maximum atomic E-state index is 13.0. The lowest BCUT2D eigenvalue weighted by atomic mass is 10.2. The Balaban J connectivity index is 0.00000256. The summed E-state index contributed by atoms with van der Waals surface area (Å²) in [4.78, 5) is 11.7. The molecule has 0 heterocycles. The van der Waals surface area contributed by atoms with Crippen LogP contribution in [0.25, 0.3) is 0 Å². The van der Waals surface area contributed by atoms with Crippen molar-refractivity contribution in [1.82, 2.24) is 10.6 Å². The summed E-state index contributed by atoms with van der Waals surface area (Å²) in [7, 11) is 1.81. The fourth-order valence-corrected chi connectivity index (χ4v) is 1.54. The topological polar surface area (TPSA) is 41.1 Å². The lowest BCUT2D eigenvalue weighted by molar-refractivity contribution is 0.0949. The van der Waals surface area contributed by atoms with Crippen LogP contribution in [0, 0.1) is 5.82 Å². The molecule has 2 N–H and O–H groups in total. The van der Waals surface area contributed by atoms with Gasteiger partial charge in [0.05, 0.1) is 5.56 Å². The van der Waals surface area contributed by atoms with E-state index in [1.165, 1.54) is 18.2 Å². The van der Waals surface area contributed by atoms with E-state index in [1.54, 1.807) is 0 Å². The largest absolute Gasteiger partial charge is 0.350 e. The average Bonchev–Trinajstić information content (AvgIpc) is 2.28. The molecule has 0 aromatic heterocycles. The number of nitrogens with one attached hydrogen (secondary N) is 2. The smallest absolute Gasteiger partial charge is 0.252 e. The van der Waals surface area contributed by atoms with E-state index in [2.05, 4.69) is 26.6 Å². The number of hydrogen-bond acceptors (Lipinski definition) is 2. The van der Waals surface area contributed by atoms with Crippen LogP contribution in [0.3, 0.4) is 0 Å². The molecular weight excluding hydrogens is 310 g/mol. The summed E-state index contributed by atoms with van der Waals surface area (Å²) in [5.41, 5.74) is 0.309. The quantitative estimate of drug-likeness (QED) is 0.892. The zero-order valence-corrected chi connectivity index (χ0v) is 12.0. The van der Waals surface area contributed by atoms with E-state index < -0.39 is 5.82 Å². The normalized spacial score (nSPS) is 11.5. The Bertz CT molecular complexity index is 390. The molecule has 1 aromatic rings. The molecule has 1 aromatic carbocycles. The maximum Gasteiger partial charge on any atom is 0.252 e. The number of carbonyl (C=O) groups is 1. The number of halogens is 3. The summed E-state index contributed by atoms with van der Waals surface area (Å²) in [6.07, 6.45) is 0. The Morgan fingerprint density at radius 3 is 2.76 bits per heavy atom. The van der Waals surface area contributed by atoms with Crippen LogP contribution in [0.1, 0.15) is 17.3 Å². The van der Waals surface area contributed by atoms with E-state index >= 15 is 0 Å². The summed E-state index contributed by atoms with van der Waals surface area (Å²) in [6, 6.07) is 4.21. The van der Waals surface area contributed by atoms with E-state index in [9.17, 15) is 9.18 Å². The van der Waals surface area contributed by atoms with E-state index in [4.69, 9.17) is 0 Å². The zero-order chi connectivity index (χ0) is 12.1. The van der Waals surface area contributed by atoms with Crippen molar-refractivity contribution in [3.8, 4) is 0 Å². The zero-order valence-electron chi connectivity index (χ0n) is 9.59. The summed E-state index contributed by atoms with van der Waals surface area (Å²) >= 11 is 3.21. The number of benzene rings is 1. The third kappa shape index (κ3) is 5.02. The molecule has 0 aliphatic carbocycles. The van der Waals surface area contributed by atoms with Crippen molar-refractivity contribution in [2.24, 2.45) is 0 Å². The Morgan fingerprint density at radius 2 is 2.18 bits per heavy atom. The number of carbonyl (C=O) groups excluding carboxylic acids is 1. The van der Waals surface area contributed by atoms with Gasteiger partial charge in [-0.25, -0.2) is 4.39 Å². The lowest BCUT2D eigenvalue weighted by Crippen LogP contribution is -2.37. The third-order valence-corrected chi connectivity index (χ3v) is 2.93. The minimum atomic E-state index is -0.421. The highest BCUT2D eigenvalue weighted by Crippen LogP contribution is 2.17. The minimum absolute atomic E-state index is 0. The third-order valence-electron chi connectivity index (χ3n) is 2.23. The van der Waals surface area contributed by atoms with Crippen molar-refractivity contribution in [3.05, 3.63) is 34.1 Å². The van der Waals surface area contributed by atoms with Crippen LogP contribution < -0.4 is 10.6 Å². The van der Waals surface area contributed by atoms with Crippen molar-refractivity contribution in [2.45, 2.75) is 13.0 Å². The molecule has 0 aliphatic heterocycles. The molecule has 96 valence electrons. The monoisotopic (exact) mass is 324 g/mol. The molecule has 1 amide bonds. The Labute approximate surface area is 115 Å². The second-order valence-electron chi connectivity index (χ2n) is 3.52. The second-order valence-corrected chi connectivity index (χ2v) is 4.38. The Kier molecular flexibility index (Phi) is 7.34. The average molecular weight is 326 g/mol. The van der Waals surface area contributed by atoms with Crippen LogP contribution >= 0.6 is 28.3 Å². The van der Waals surface area contributed by atoms with Gasteiger partial charge >= 0.3 is 0 Å². The molecule has 1 atom stereocenters. The summed E-state index contributed by atoms with van der Waals surface area (Å²) in [6.45, 7) is 2.44. The van der Waals surface area contributed by atoms with Crippen LogP contribution in [0.5, 0.6) is 0 Å². The van der Waals surface area contributed by atoms with Crippen LogP contribution in [-0.4, -0.2) is 25.5 Å². The first kappa shape index (κ1) is 16.4. The van der Waals surface area contributed by atoms with Crippen LogP contribution in [0.15, 0.2) is 22.7 Å². The molecule has 1 unspecified atom stereocenters. The molecule has 0 saturated heterocycles. The molecule has 0 saturated carbocycles. The SMILES string of the molecule is CNC(C)CNC(=O)c1cc(F)ccc1Br.Cl. The summed E-state index contributed by atoms with van der Waals surface area (Å²) in [5.74, 6) is -0.705. The first-order chi connectivity index (χ1) is 7.54. The van der Waals surface area contributed by atoms with Gasteiger partial charge < -0.3 is 10.6 Å². The van der Waals surface area contributed by atoms with Crippen molar-refractivity contribution in [1.29, 1.82) is 0 Å². The molecule has 0 bridgehead atoms. The van der Waals surface area contributed by atoms with Gasteiger partial charge in [-0.2, -0.15) is 0 Å². The summed E-state index contributed by atoms with van der Waals surface area (Å²) < 4.78 is 13.5. The van der Waals surface area contributed by atoms with Gasteiger partial charge in [-0.05, 0) is 48.1 Å². The maximum absolute atomic E-state index is 13.0. The predicted molar refractivity (Wildman–Crippen MR) is 72.2 cm³/mol. The van der Waals surface area contributed by atoms with Gasteiger partial charge in [-0.3, -0.25) is 4.79 Å². The van der Waals surface area contributed by atoms with Crippen LogP contribution in [0.4, 0.5) is 4.39 Å². The second kappa shape index (κ2) is 7.63. The predicted octanol–water partition coefficient (Wildman–Crippen LogP) is 2.35. The molecule has 0 aliphatic rings. The highest BCUT2D eigenvalue weighted by Gasteiger charge is 2.11. The van der Waals surface area contributed by atoms with Crippen molar-refractivity contribution < 1.29 is 9.18 Å². The molecular formula is C11H15BrClFN2O. The molecule has 17 heavy (non-hydrogen) atoms. The molecule has 1 rings (SSSR count). The molecule has 0 radical (unpaired) electrons. The number of amides is 1. The van der Waals surface area contributed by atoms with E-state index in [1.807, 2.05) is 14.0 Å². The van der Waals surface area contributed by atoms with Crippen molar-refractivity contribution in [3.63, 3.8) is 0 Å². The van der Waals surface area contributed by atoms with Crippen LogP contribution in [-0.2, 0) is 0 Å². The Morgan fingerprint density at radius 1 is 1.53 bits per heavy atom. The number of likely N-dealkylation sites (N-methyl/N-ethyl adjacent to an activating group) is 1. The van der Waals surface area contributed by atoms with Gasteiger partial charge in [0.2, 0.25) is 0 Å². The molecule has 0 spiro atoms. The fraction of sp³-hybridized carbons (Fsp3) is 0.364. The van der Waals surface area contributed by atoms with E-state index in [0.717, 1.165) is 0 Å². The fourth-order valence-electron chi connectivity index (χ4n) is 1.11. The Hall–Kier alpha value is -0.650. The summed E-state index contributed by atoms with van der Waals surface area (Å²) in [5, 5.41) is 5.72. The van der Waals surface area contributed by atoms with Crippen molar-refractivity contribution in [2.75, 3.05) is 13.6 Å². The number of hydrogen-bond donors (Lipinski definition) is 2. The first-order valence-corrected chi connectivity index (χ1v) is 5.74. The van der Waals surface area contributed by atoms with E-state index in [-0.39, 0.29) is 24.4 Å². The van der Waals surface area contributed by atoms with Gasteiger partial charge in [0.25, 0.3) is 5.91 Å². The highest BCUT2D eigenvalue weighted by atomic mass is 79.9. The number of rotatable bonds is 4. The van der Waals surface area contributed by atoms with Crippen molar-refractivity contribution >= 4 is 34.2 Å². The molecule has 6 heteroatoms. The van der Waals surface area contributed by atoms with Gasteiger partial charge in [0.15, 0.2) is 0 Å². The van der Waals surface area contributed by atoms with Gasteiger partial charge in [0.1, 0.15) is 5.82 Å².